The molecule has 5 heteroatoms. The zero-order valence-corrected chi connectivity index (χ0v) is 14.6. The fourth-order valence-corrected chi connectivity index (χ4v) is 4.31. The summed E-state index contributed by atoms with van der Waals surface area (Å²) in [7, 11) is 4.11. The number of carbonyl (C=O) groups excluding carboxylic acids is 1. The zero-order chi connectivity index (χ0) is 16.0. The van der Waals surface area contributed by atoms with Crippen LogP contribution in [0.15, 0.2) is 17.5 Å². The van der Waals surface area contributed by atoms with Crippen LogP contribution in [0, 0.1) is 5.41 Å². The summed E-state index contributed by atoms with van der Waals surface area (Å²) in [4.78, 5) is 15.8. The van der Waals surface area contributed by atoms with Gasteiger partial charge in [-0.1, -0.05) is 25.3 Å². The van der Waals surface area contributed by atoms with Crippen molar-refractivity contribution in [1.29, 1.82) is 0 Å². The van der Waals surface area contributed by atoms with Crippen LogP contribution in [0.25, 0.3) is 0 Å². The summed E-state index contributed by atoms with van der Waals surface area (Å²) < 4.78 is 0. The van der Waals surface area contributed by atoms with Crippen molar-refractivity contribution in [2.75, 3.05) is 27.2 Å². The maximum absolute atomic E-state index is 12.4. The Balaban J connectivity index is 1.88. The Labute approximate surface area is 138 Å². The van der Waals surface area contributed by atoms with E-state index in [0.717, 1.165) is 12.8 Å². The first-order valence-electron chi connectivity index (χ1n) is 8.23. The van der Waals surface area contributed by atoms with E-state index in [2.05, 4.69) is 41.8 Å². The van der Waals surface area contributed by atoms with E-state index in [-0.39, 0.29) is 17.4 Å². The van der Waals surface area contributed by atoms with Crippen molar-refractivity contribution in [1.82, 2.24) is 10.2 Å². The summed E-state index contributed by atoms with van der Waals surface area (Å²) >= 11 is 1.74. The molecule has 1 aliphatic carbocycles. The van der Waals surface area contributed by atoms with Crippen LogP contribution in [-0.4, -0.2) is 38.0 Å². The molecule has 22 heavy (non-hydrogen) atoms. The topological polar surface area (TPSA) is 58.4 Å². The summed E-state index contributed by atoms with van der Waals surface area (Å²) in [6.07, 6.45) is 6.47. The number of amides is 1. The molecule has 0 aliphatic heterocycles. The number of nitrogens with zero attached hydrogens (tertiary/aromatic N) is 1. The van der Waals surface area contributed by atoms with Crippen LogP contribution in [0.3, 0.4) is 0 Å². The van der Waals surface area contributed by atoms with E-state index < -0.39 is 0 Å². The highest BCUT2D eigenvalue weighted by Gasteiger charge is 2.33. The Morgan fingerprint density at radius 3 is 2.68 bits per heavy atom. The standard InChI is InChI=1S/C17H29N3OS/c1-20(2)14(15-7-6-10-22-15)12-19-16(21)11-17(13-18)8-4-3-5-9-17/h6-7,10,14H,3-5,8-9,11-13,18H2,1-2H3,(H,19,21). The van der Waals surface area contributed by atoms with E-state index in [1.165, 1.54) is 24.1 Å². The highest BCUT2D eigenvalue weighted by atomic mass is 32.1. The van der Waals surface area contributed by atoms with Crippen LogP contribution in [-0.2, 0) is 4.79 Å². The molecule has 0 saturated heterocycles. The first-order valence-corrected chi connectivity index (χ1v) is 9.11. The average Bonchev–Trinajstić information content (AvgIpc) is 3.02. The number of thiophene rings is 1. The van der Waals surface area contributed by atoms with Crippen LogP contribution in [0.5, 0.6) is 0 Å². The summed E-state index contributed by atoms with van der Waals surface area (Å²) in [6.45, 7) is 1.29. The first-order chi connectivity index (χ1) is 10.6. The van der Waals surface area contributed by atoms with Gasteiger partial charge in [0.05, 0.1) is 6.04 Å². The average molecular weight is 324 g/mol. The van der Waals surface area contributed by atoms with Crippen LogP contribution in [0.1, 0.15) is 49.4 Å². The van der Waals surface area contributed by atoms with Gasteiger partial charge in [-0.15, -0.1) is 11.3 Å². The van der Waals surface area contributed by atoms with E-state index >= 15 is 0 Å². The van der Waals surface area contributed by atoms with Crippen LogP contribution < -0.4 is 11.1 Å². The van der Waals surface area contributed by atoms with Gasteiger partial charge in [-0.3, -0.25) is 4.79 Å². The van der Waals surface area contributed by atoms with E-state index in [9.17, 15) is 4.79 Å². The van der Waals surface area contributed by atoms with Gasteiger partial charge in [-0.25, -0.2) is 0 Å². The maximum Gasteiger partial charge on any atom is 0.220 e. The van der Waals surface area contributed by atoms with Crippen molar-refractivity contribution < 1.29 is 4.79 Å². The smallest absolute Gasteiger partial charge is 0.220 e. The molecule has 4 nitrogen and oxygen atoms in total. The van der Waals surface area contributed by atoms with Gasteiger partial charge in [0.2, 0.25) is 5.91 Å². The molecule has 0 aromatic carbocycles. The lowest BCUT2D eigenvalue weighted by atomic mass is 9.71. The van der Waals surface area contributed by atoms with Crippen LogP contribution >= 0.6 is 11.3 Å². The van der Waals surface area contributed by atoms with Gasteiger partial charge in [0, 0.05) is 17.8 Å². The molecule has 1 aliphatic rings. The Bertz CT molecular complexity index is 452. The number of likely N-dealkylation sites (N-methyl/N-ethyl adjacent to an activating group) is 1. The fraction of sp³-hybridized carbons (Fsp3) is 0.706. The fourth-order valence-electron chi connectivity index (χ4n) is 3.39. The highest BCUT2D eigenvalue weighted by molar-refractivity contribution is 7.10. The van der Waals surface area contributed by atoms with Crippen molar-refractivity contribution in [3.63, 3.8) is 0 Å². The monoisotopic (exact) mass is 323 g/mol. The SMILES string of the molecule is CN(C)C(CNC(=O)CC1(CN)CCCCC1)c1cccs1. The molecule has 1 aromatic heterocycles. The zero-order valence-electron chi connectivity index (χ0n) is 13.8. The van der Waals surface area contributed by atoms with Gasteiger partial charge in [0.25, 0.3) is 0 Å². The number of nitrogens with two attached hydrogens (primary N) is 1. The number of hydrogen-bond donors (Lipinski definition) is 2. The van der Waals surface area contributed by atoms with Crippen molar-refractivity contribution >= 4 is 17.2 Å². The quantitative estimate of drug-likeness (QED) is 0.811. The minimum Gasteiger partial charge on any atom is -0.354 e. The molecule has 3 N–H and O–H groups in total. The molecule has 2 rings (SSSR count). The molecular weight excluding hydrogens is 294 g/mol. The number of rotatable bonds is 7. The first kappa shape index (κ1) is 17.4. The van der Waals surface area contributed by atoms with Crippen LogP contribution in [0.4, 0.5) is 0 Å². The van der Waals surface area contributed by atoms with Gasteiger partial charge in [-0.2, -0.15) is 0 Å². The third kappa shape index (κ3) is 4.54. The molecule has 124 valence electrons. The van der Waals surface area contributed by atoms with E-state index in [1.807, 2.05) is 0 Å². The van der Waals surface area contributed by atoms with E-state index in [0.29, 0.717) is 19.5 Å². The van der Waals surface area contributed by atoms with Crippen molar-refractivity contribution in [2.45, 2.75) is 44.6 Å². The summed E-state index contributed by atoms with van der Waals surface area (Å²) in [6, 6.07) is 4.43. The largest absolute Gasteiger partial charge is 0.354 e. The minimum atomic E-state index is 0.0406. The molecule has 1 aromatic rings. The molecule has 1 saturated carbocycles. The number of carbonyl (C=O) groups is 1. The second-order valence-electron chi connectivity index (χ2n) is 6.74. The highest BCUT2D eigenvalue weighted by Crippen LogP contribution is 2.38. The van der Waals surface area contributed by atoms with Gasteiger partial charge < -0.3 is 16.0 Å². The molecule has 1 unspecified atom stereocenters. The van der Waals surface area contributed by atoms with E-state index in [1.54, 1.807) is 11.3 Å². The Morgan fingerprint density at radius 2 is 2.14 bits per heavy atom. The van der Waals surface area contributed by atoms with Gasteiger partial charge in [0.15, 0.2) is 0 Å². The van der Waals surface area contributed by atoms with Gasteiger partial charge >= 0.3 is 0 Å². The molecule has 0 spiro atoms. The molecule has 0 radical (unpaired) electrons. The normalized spacial score (nSPS) is 19.1. The van der Waals surface area contributed by atoms with E-state index in [4.69, 9.17) is 5.73 Å². The second-order valence-corrected chi connectivity index (χ2v) is 7.72. The Kier molecular flexibility index (Phi) is 6.41. The molecule has 1 heterocycles. The van der Waals surface area contributed by atoms with Gasteiger partial charge in [-0.05, 0) is 50.3 Å². The number of hydrogen-bond acceptors (Lipinski definition) is 4. The lowest BCUT2D eigenvalue weighted by Gasteiger charge is -2.36. The Morgan fingerprint density at radius 1 is 1.41 bits per heavy atom. The number of nitrogens with one attached hydrogen (secondary N) is 1. The molecular formula is C17H29N3OS. The maximum atomic E-state index is 12.4. The lowest BCUT2D eigenvalue weighted by Crippen LogP contribution is -2.40. The third-order valence-electron chi connectivity index (χ3n) is 4.87. The molecule has 0 bridgehead atoms. The molecule has 1 atom stereocenters. The predicted octanol–water partition coefficient (Wildman–Crippen LogP) is 2.77. The van der Waals surface area contributed by atoms with Crippen LogP contribution in [0.2, 0.25) is 0 Å². The second kappa shape index (κ2) is 8.09. The summed E-state index contributed by atoms with van der Waals surface area (Å²) in [5, 5.41) is 5.21. The minimum absolute atomic E-state index is 0.0406. The lowest BCUT2D eigenvalue weighted by molar-refractivity contribution is -0.124. The van der Waals surface area contributed by atoms with Crippen molar-refractivity contribution in [2.24, 2.45) is 11.1 Å². The van der Waals surface area contributed by atoms with Gasteiger partial charge in [0.1, 0.15) is 0 Å². The molecule has 1 amide bonds. The summed E-state index contributed by atoms with van der Waals surface area (Å²) in [5.41, 5.74) is 6.02. The Hall–Kier alpha value is -0.910. The van der Waals surface area contributed by atoms with Crippen molar-refractivity contribution in [3.05, 3.63) is 22.4 Å². The van der Waals surface area contributed by atoms with Crippen molar-refractivity contribution in [3.8, 4) is 0 Å². The molecule has 1 fully saturated rings. The summed E-state index contributed by atoms with van der Waals surface area (Å²) in [5.74, 6) is 0.149. The third-order valence-corrected chi connectivity index (χ3v) is 5.84. The predicted molar refractivity (Wildman–Crippen MR) is 92.9 cm³/mol.